The SMILES string of the molecule is Cn1c(SCC(=O)Nc2ccccc2C(N)=O)nnc1-c1ccc(Cl)cc1Cl. The zero-order chi connectivity index (χ0) is 20.3. The molecule has 0 bridgehead atoms. The van der Waals surface area contributed by atoms with Crippen LogP contribution in [0.5, 0.6) is 0 Å². The van der Waals surface area contributed by atoms with E-state index in [1.54, 1.807) is 54.1 Å². The molecule has 1 aromatic heterocycles. The summed E-state index contributed by atoms with van der Waals surface area (Å²) in [5.74, 6) is -0.272. The van der Waals surface area contributed by atoms with Crippen LogP contribution in [0.4, 0.5) is 5.69 Å². The average molecular weight is 436 g/mol. The second kappa shape index (κ2) is 8.64. The van der Waals surface area contributed by atoms with Crippen LogP contribution >= 0.6 is 35.0 Å². The molecule has 0 spiro atoms. The second-order valence-corrected chi connectivity index (χ2v) is 7.52. The molecule has 0 unspecified atom stereocenters. The third-order valence-corrected chi connectivity index (χ3v) is 5.37. The first-order chi connectivity index (χ1) is 13.4. The number of nitrogens with two attached hydrogens (primary N) is 1. The van der Waals surface area contributed by atoms with Crippen molar-refractivity contribution in [3.05, 3.63) is 58.1 Å². The number of nitrogens with zero attached hydrogens (tertiary/aromatic N) is 3. The minimum atomic E-state index is -0.610. The lowest BCUT2D eigenvalue weighted by molar-refractivity contribution is -0.113. The molecule has 28 heavy (non-hydrogen) atoms. The number of rotatable bonds is 6. The van der Waals surface area contributed by atoms with Crippen molar-refractivity contribution in [2.75, 3.05) is 11.1 Å². The van der Waals surface area contributed by atoms with Gasteiger partial charge in [0.2, 0.25) is 5.91 Å². The lowest BCUT2D eigenvalue weighted by atomic mass is 10.1. The zero-order valence-electron chi connectivity index (χ0n) is 14.6. The van der Waals surface area contributed by atoms with Crippen LogP contribution in [0.3, 0.4) is 0 Å². The van der Waals surface area contributed by atoms with Gasteiger partial charge in [-0.1, -0.05) is 47.1 Å². The number of amides is 2. The number of carbonyl (C=O) groups excluding carboxylic acids is 2. The van der Waals surface area contributed by atoms with Gasteiger partial charge in [0.1, 0.15) is 0 Å². The third kappa shape index (κ3) is 4.46. The van der Waals surface area contributed by atoms with E-state index in [9.17, 15) is 9.59 Å². The van der Waals surface area contributed by atoms with Gasteiger partial charge in [-0.3, -0.25) is 9.59 Å². The van der Waals surface area contributed by atoms with Crippen molar-refractivity contribution in [2.24, 2.45) is 12.8 Å². The van der Waals surface area contributed by atoms with Gasteiger partial charge in [0.05, 0.1) is 22.0 Å². The molecule has 0 saturated carbocycles. The Balaban J connectivity index is 1.70. The van der Waals surface area contributed by atoms with Crippen molar-refractivity contribution in [1.82, 2.24) is 14.8 Å². The van der Waals surface area contributed by atoms with Gasteiger partial charge in [-0.2, -0.15) is 0 Å². The highest BCUT2D eigenvalue weighted by molar-refractivity contribution is 7.99. The van der Waals surface area contributed by atoms with Crippen LogP contribution in [-0.4, -0.2) is 32.3 Å². The number of primary amides is 1. The fourth-order valence-electron chi connectivity index (χ4n) is 2.47. The summed E-state index contributed by atoms with van der Waals surface area (Å²) in [5, 5.41) is 12.5. The van der Waals surface area contributed by atoms with Crippen LogP contribution in [-0.2, 0) is 11.8 Å². The highest BCUT2D eigenvalue weighted by Gasteiger charge is 2.16. The van der Waals surface area contributed by atoms with Gasteiger partial charge in [0.25, 0.3) is 5.91 Å². The van der Waals surface area contributed by atoms with Crippen molar-refractivity contribution in [2.45, 2.75) is 5.16 Å². The Morgan fingerprint density at radius 2 is 1.93 bits per heavy atom. The van der Waals surface area contributed by atoms with Crippen molar-refractivity contribution >= 4 is 52.5 Å². The van der Waals surface area contributed by atoms with Gasteiger partial charge in [-0.25, -0.2) is 0 Å². The summed E-state index contributed by atoms with van der Waals surface area (Å²) in [6.45, 7) is 0. The number of halogens is 2. The number of nitrogens with one attached hydrogen (secondary N) is 1. The van der Waals surface area contributed by atoms with E-state index in [0.717, 1.165) is 0 Å². The molecule has 0 radical (unpaired) electrons. The normalized spacial score (nSPS) is 10.7. The molecule has 3 N–H and O–H groups in total. The number of thioether (sulfide) groups is 1. The lowest BCUT2D eigenvalue weighted by Crippen LogP contribution is -2.19. The molecule has 1 heterocycles. The molecule has 2 aromatic carbocycles. The molecule has 144 valence electrons. The summed E-state index contributed by atoms with van der Waals surface area (Å²) in [4.78, 5) is 23.7. The predicted octanol–water partition coefficient (Wildman–Crippen LogP) is 3.62. The van der Waals surface area contributed by atoms with Crippen LogP contribution < -0.4 is 11.1 Å². The monoisotopic (exact) mass is 435 g/mol. The largest absolute Gasteiger partial charge is 0.366 e. The predicted molar refractivity (Wildman–Crippen MR) is 111 cm³/mol. The topological polar surface area (TPSA) is 103 Å². The summed E-state index contributed by atoms with van der Waals surface area (Å²) in [6, 6.07) is 11.7. The molecular formula is C18H15Cl2N5O2S. The highest BCUT2D eigenvalue weighted by Crippen LogP contribution is 2.30. The van der Waals surface area contributed by atoms with Crippen molar-refractivity contribution in [3.8, 4) is 11.4 Å². The maximum absolute atomic E-state index is 12.3. The van der Waals surface area contributed by atoms with E-state index in [1.165, 1.54) is 11.8 Å². The van der Waals surface area contributed by atoms with E-state index in [0.29, 0.717) is 32.3 Å². The Morgan fingerprint density at radius 1 is 1.18 bits per heavy atom. The molecule has 0 aliphatic carbocycles. The summed E-state index contributed by atoms with van der Waals surface area (Å²) >= 11 is 13.4. The minimum Gasteiger partial charge on any atom is -0.366 e. The standard InChI is InChI=1S/C18H15Cl2N5O2S/c1-25-17(11-7-6-10(19)8-13(11)20)23-24-18(25)28-9-15(26)22-14-5-3-2-4-12(14)16(21)27/h2-8H,9H2,1H3,(H2,21,27)(H,22,26). The van der Waals surface area contributed by atoms with Crippen molar-refractivity contribution in [1.29, 1.82) is 0 Å². The van der Waals surface area contributed by atoms with Gasteiger partial charge in [-0.05, 0) is 30.3 Å². The van der Waals surface area contributed by atoms with E-state index < -0.39 is 5.91 Å². The summed E-state index contributed by atoms with van der Waals surface area (Å²) < 4.78 is 1.74. The fraction of sp³-hybridized carbons (Fsp3) is 0.111. The molecule has 3 aromatic rings. The van der Waals surface area contributed by atoms with E-state index in [4.69, 9.17) is 28.9 Å². The molecule has 0 aliphatic heterocycles. The zero-order valence-corrected chi connectivity index (χ0v) is 17.0. The first-order valence-electron chi connectivity index (χ1n) is 8.03. The van der Waals surface area contributed by atoms with E-state index in [-0.39, 0.29) is 17.2 Å². The Labute approximate surface area is 175 Å². The number of benzene rings is 2. The summed E-state index contributed by atoms with van der Waals surface area (Å²) in [7, 11) is 1.78. The van der Waals surface area contributed by atoms with Crippen molar-refractivity contribution in [3.63, 3.8) is 0 Å². The Bertz CT molecular complexity index is 1050. The fourth-order valence-corrected chi connectivity index (χ4v) is 3.67. The van der Waals surface area contributed by atoms with E-state index in [2.05, 4.69) is 15.5 Å². The van der Waals surface area contributed by atoms with Gasteiger partial charge < -0.3 is 15.6 Å². The maximum atomic E-state index is 12.3. The Hall–Kier alpha value is -2.55. The number of hydrogen-bond acceptors (Lipinski definition) is 5. The lowest BCUT2D eigenvalue weighted by Gasteiger charge is -2.09. The van der Waals surface area contributed by atoms with E-state index >= 15 is 0 Å². The van der Waals surface area contributed by atoms with Crippen molar-refractivity contribution < 1.29 is 9.59 Å². The number of carbonyl (C=O) groups is 2. The van der Waals surface area contributed by atoms with Gasteiger partial charge in [-0.15, -0.1) is 10.2 Å². The molecule has 7 nitrogen and oxygen atoms in total. The molecule has 2 amide bonds. The molecule has 0 aliphatic rings. The first kappa shape index (κ1) is 20.2. The van der Waals surface area contributed by atoms with Crippen LogP contribution in [0.1, 0.15) is 10.4 Å². The van der Waals surface area contributed by atoms with Crippen LogP contribution in [0.15, 0.2) is 47.6 Å². The smallest absolute Gasteiger partial charge is 0.250 e. The molecular weight excluding hydrogens is 421 g/mol. The second-order valence-electron chi connectivity index (χ2n) is 5.74. The molecule has 0 fully saturated rings. The molecule has 3 rings (SSSR count). The van der Waals surface area contributed by atoms with Crippen LogP contribution in [0, 0.1) is 0 Å². The van der Waals surface area contributed by atoms with E-state index in [1.807, 2.05) is 0 Å². The minimum absolute atomic E-state index is 0.0768. The number of para-hydroxylation sites is 1. The van der Waals surface area contributed by atoms with Crippen LogP contribution in [0.25, 0.3) is 11.4 Å². The molecule has 0 atom stereocenters. The first-order valence-corrected chi connectivity index (χ1v) is 9.77. The van der Waals surface area contributed by atoms with Crippen LogP contribution in [0.2, 0.25) is 10.0 Å². The number of anilines is 1. The van der Waals surface area contributed by atoms with Gasteiger partial charge in [0, 0.05) is 17.6 Å². The molecule has 10 heteroatoms. The van der Waals surface area contributed by atoms with Gasteiger partial charge in [0.15, 0.2) is 11.0 Å². The number of hydrogen-bond donors (Lipinski definition) is 2. The van der Waals surface area contributed by atoms with Gasteiger partial charge >= 0.3 is 0 Å². The summed E-state index contributed by atoms with van der Waals surface area (Å²) in [5.41, 5.74) is 6.62. The number of aromatic nitrogens is 3. The molecule has 0 saturated heterocycles. The third-order valence-electron chi connectivity index (χ3n) is 3.81. The Kier molecular flexibility index (Phi) is 6.23. The Morgan fingerprint density at radius 3 is 2.64 bits per heavy atom. The maximum Gasteiger partial charge on any atom is 0.250 e. The average Bonchev–Trinajstić information content (AvgIpc) is 3.01. The highest BCUT2D eigenvalue weighted by atomic mass is 35.5. The summed E-state index contributed by atoms with van der Waals surface area (Å²) in [6.07, 6.45) is 0. The quantitative estimate of drug-likeness (QED) is 0.575.